The van der Waals surface area contributed by atoms with Crippen molar-refractivity contribution in [2.45, 2.75) is 13.8 Å². The van der Waals surface area contributed by atoms with Gasteiger partial charge in [-0.1, -0.05) is 18.2 Å². The molecular weight excluding hydrogens is 351 g/mol. The number of carbonyl (C=O) groups is 1. The third kappa shape index (κ3) is 2.81. The van der Waals surface area contributed by atoms with Gasteiger partial charge in [0.25, 0.3) is 0 Å². The van der Waals surface area contributed by atoms with E-state index >= 15 is 0 Å². The molecule has 0 unspecified atom stereocenters. The summed E-state index contributed by atoms with van der Waals surface area (Å²) < 4.78 is 6.31. The zero-order chi connectivity index (χ0) is 14.0. The standard InChI is InChI=1S/C16H15IO2/c1-10-5-4-6-13(11(10)2)16(18)14-9-12(17)7-8-15(14)19-3/h4-9H,1-3H3. The minimum atomic E-state index is 0.0107. The summed E-state index contributed by atoms with van der Waals surface area (Å²) in [6.07, 6.45) is 0. The summed E-state index contributed by atoms with van der Waals surface area (Å²) in [5.74, 6) is 0.628. The van der Waals surface area contributed by atoms with Crippen LogP contribution in [0.15, 0.2) is 36.4 Å². The van der Waals surface area contributed by atoms with E-state index in [9.17, 15) is 4.79 Å². The number of halogens is 1. The average molecular weight is 366 g/mol. The summed E-state index contributed by atoms with van der Waals surface area (Å²) in [7, 11) is 1.59. The summed E-state index contributed by atoms with van der Waals surface area (Å²) in [6.45, 7) is 3.99. The van der Waals surface area contributed by atoms with Crippen LogP contribution in [0.2, 0.25) is 0 Å². The first-order valence-electron chi connectivity index (χ1n) is 5.99. The molecule has 2 rings (SSSR count). The van der Waals surface area contributed by atoms with E-state index in [4.69, 9.17) is 4.74 Å². The molecule has 2 aromatic rings. The zero-order valence-electron chi connectivity index (χ0n) is 11.2. The Bertz CT molecular complexity index is 633. The first-order chi connectivity index (χ1) is 9.04. The minimum absolute atomic E-state index is 0.0107. The molecule has 3 heteroatoms. The van der Waals surface area contributed by atoms with Gasteiger partial charge in [-0.25, -0.2) is 0 Å². The fourth-order valence-corrected chi connectivity index (χ4v) is 2.49. The van der Waals surface area contributed by atoms with Crippen molar-refractivity contribution >= 4 is 28.4 Å². The highest BCUT2D eigenvalue weighted by atomic mass is 127. The van der Waals surface area contributed by atoms with Crippen LogP contribution in [0, 0.1) is 17.4 Å². The number of methoxy groups -OCH3 is 1. The monoisotopic (exact) mass is 366 g/mol. The molecule has 0 aliphatic heterocycles. The average Bonchev–Trinajstić information content (AvgIpc) is 2.41. The first kappa shape index (κ1) is 14.1. The smallest absolute Gasteiger partial charge is 0.197 e. The van der Waals surface area contributed by atoms with Gasteiger partial charge in [0.2, 0.25) is 0 Å². The Morgan fingerprint density at radius 2 is 1.84 bits per heavy atom. The van der Waals surface area contributed by atoms with Crippen LogP contribution in [0.1, 0.15) is 27.0 Å². The van der Waals surface area contributed by atoms with Crippen LogP contribution in [0.4, 0.5) is 0 Å². The lowest BCUT2D eigenvalue weighted by Gasteiger charge is -2.11. The molecule has 2 aromatic carbocycles. The second-order valence-electron chi connectivity index (χ2n) is 4.42. The summed E-state index contributed by atoms with van der Waals surface area (Å²) in [5, 5.41) is 0. The van der Waals surface area contributed by atoms with Crippen molar-refractivity contribution in [3.63, 3.8) is 0 Å². The van der Waals surface area contributed by atoms with Crippen LogP contribution in [0.3, 0.4) is 0 Å². The molecule has 0 heterocycles. The van der Waals surface area contributed by atoms with Gasteiger partial charge in [-0.05, 0) is 65.8 Å². The molecular formula is C16H15IO2. The maximum Gasteiger partial charge on any atom is 0.197 e. The van der Waals surface area contributed by atoms with Crippen LogP contribution >= 0.6 is 22.6 Å². The number of rotatable bonds is 3. The van der Waals surface area contributed by atoms with Crippen molar-refractivity contribution < 1.29 is 9.53 Å². The van der Waals surface area contributed by atoms with E-state index in [2.05, 4.69) is 22.6 Å². The van der Waals surface area contributed by atoms with E-state index in [0.29, 0.717) is 11.3 Å². The molecule has 0 saturated carbocycles. The number of ketones is 1. The van der Waals surface area contributed by atoms with Gasteiger partial charge in [-0.2, -0.15) is 0 Å². The molecule has 19 heavy (non-hydrogen) atoms. The Morgan fingerprint density at radius 3 is 2.53 bits per heavy atom. The van der Waals surface area contributed by atoms with Gasteiger partial charge >= 0.3 is 0 Å². The van der Waals surface area contributed by atoms with Gasteiger partial charge in [-0.3, -0.25) is 4.79 Å². The van der Waals surface area contributed by atoms with E-state index in [1.165, 1.54) is 0 Å². The Kier molecular flexibility index (Phi) is 4.24. The van der Waals surface area contributed by atoms with Crippen LogP contribution in [-0.4, -0.2) is 12.9 Å². The molecule has 0 bridgehead atoms. The molecule has 0 saturated heterocycles. The van der Waals surface area contributed by atoms with Gasteiger partial charge in [0.15, 0.2) is 5.78 Å². The third-order valence-electron chi connectivity index (χ3n) is 3.26. The Morgan fingerprint density at radius 1 is 1.11 bits per heavy atom. The number of benzene rings is 2. The molecule has 0 spiro atoms. The van der Waals surface area contributed by atoms with Crippen molar-refractivity contribution in [2.75, 3.05) is 7.11 Å². The largest absolute Gasteiger partial charge is 0.496 e. The molecule has 0 fully saturated rings. The van der Waals surface area contributed by atoms with E-state index in [1.54, 1.807) is 7.11 Å². The number of hydrogen-bond donors (Lipinski definition) is 0. The lowest BCUT2D eigenvalue weighted by atomic mass is 9.96. The topological polar surface area (TPSA) is 26.3 Å². The molecule has 0 radical (unpaired) electrons. The maximum absolute atomic E-state index is 12.7. The summed E-state index contributed by atoms with van der Waals surface area (Å²) in [4.78, 5) is 12.7. The molecule has 0 amide bonds. The van der Waals surface area contributed by atoms with Crippen molar-refractivity contribution in [1.29, 1.82) is 0 Å². The van der Waals surface area contributed by atoms with Crippen molar-refractivity contribution in [3.05, 3.63) is 62.2 Å². The molecule has 0 aliphatic carbocycles. The van der Waals surface area contributed by atoms with E-state index in [-0.39, 0.29) is 5.78 Å². The number of ether oxygens (including phenoxy) is 1. The number of hydrogen-bond acceptors (Lipinski definition) is 2. The predicted molar refractivity (Wildman–Crippen MR) is 85.1 cm³/mol. The Labute approximate surface area is 126 Å². The van der Waals surface area contributed by atoms with Gasteiger partial charge in [0.05, 0.1) is 12.7 Å². The molecule has 98 valence electrons. The van der Waals surface area contributed by atoms with E-state index in [1.807, 2.05) is 50.2 Å². The predicted octanol–water partition coefficient (Wildman–Crippen LogP) is 4.15. The molecule has 0 atom stereocenters. The highest BCUT2D eigenvalue weighted by molar-refractivity contribution is 14.1. The second kappa shape index (κ2) is 5.74. The first-order valence-corrected chi connectivity index (χ1v) is 7.07. The van der Waals surface area contributed by atoms with E-state index < -0.39 is 0 Å². The van der Waals surface area contributed by atoms with Crippen LogP contribution < -0.4 is 4.74 Å². The highest BCUT2D eigenvalue weighted by Gasteiger charge is 2.17. The molecule has 0 aromatic heterocycles. The number of aryl methyl sites for hydroxylation is 1. The number of carbonyl (C=O) groups excluding carboxylic acids is 1. The van der Waals surface area contributed by atoms with Crippen LogP contribution in [-0.2, 0) is 0 Å². The highest BCUT2D eigenvalue weighted by Crippen LogP contribution is 2.25. The van der Waals surface area contributed by atoms with Crippen molar-refractivity contribution in [1.82, 2.24) is 0 Å². The van der Waals surface area contributed by atoms with Crippen molar-refractivity contribution in [3.8, 4) is 5.75 Å². The van der Waals surface area contributed by atoms with Gasteiger partial charge in [0, 0.05) is 9.13 Å². The summed E-state index contributed by atoms with van der Waals surface area (Å²) in [5.41, 5.74) is 3.49. The fourth-order valence-electron chi connectivity index (χ4n) is 2.00. The SMILES string of the molecule is COc1ccc(I)cc1C(=O)c1cccc(C)c1C. The molecule has 2 nitrogen and oxygen atoms in total. The fraction of sp³-hybridized carbons (Fsp3) is 0.188. The molecule has 0 aliphatic rings. The van der Waals surface area contributed by atoms with Crippen LogP contribution in [0.25, 0.3) is 0 Å². The molecule has 0 N–H and O–H groups in total. The minimum Gasteiger partial charge on any atom is -0.496 e. The van der Waals surface area contributed by atoms with E-state index in [0.717, 1.165) is 20.3 Å². The normalized spacial score (nSPS) is 10.3. The second-order valence-corrected chi connectivity index (χ2v) is 5.67. The zero-order valence-corrected chi connectivity index (χ0v) is 13.3. The third-order valence-corrected chi connectivity index (χ3v) is 3.93. The summed E-state index contributed by atoms with van der Waals surface area (Å²) >= 11 is 2.20. The summed E-state index contributed by atoms with van der Waals surface area (Å²) in [6, 6.07) is 11.4. The Hall–Kier alpha value is -1.36. The van der Waals surface area contributed by atoms with Crippen LogP contribution in [0.5, 0.6) is 5.75 Å². The maximum atomic E-state index is 12.7. The van der Waals surface area contributed by atoms with Gasteiger partial charge in [-0.15, -0.1) is 0 Å². The van der Waals surface area contributed by atoms with Gasteiger partial charge in [0.1, 0.15) is 5.75 Å². The Balaban J connectivity index is 2.56. The quantitative estimate of drug-likeness (QED) is 0.603. The lowest BCUT2D eigenvalue weighted by Crippen LogP contribution is -2.07. The van der Waals surface area contributed by atoms with Gasteiger partial charge < -0.3 is 4.74 Å². The van der Waals surface area contributed by atoms with Crippen molar-refractivity contribution in [2.24, 2.45) is 0 Å². The lowest BCUT2D eigenvalue weighted by molar-refractivity contribution is 0.103.